The Hall–Kier alpha value is -1.39. The quantitative estimate of drug-likeness (QED) is 0.866. The molecule has 4 heteroatoms. The van der Waals surface area contributed by atoms with Crippen molar-refractivity contribution in [2.24, 2.45) is 5.73 Å². The van der Waals surface area contributed by atoms with E-state index in [4.69, 9.17) is 5.73 Å². The van der Waals surface area contributed by atoms with E-state index in [9.17, 15) is 4.79 Å². The van der Waals surface area contributed by atoms with Crippen molar-refractivity contribution in [3.05, 3.63) is 35.4 Å². The van der Waals surface area contributed by atoms with Crippen LogP contribution < -0.4 is 5.73 Å². The molecule has 1 fully saturated rings. The average molecular weight is 261 g/mol. The summed E-state index contributed by atoms with van der Waals surface area (Å²) in [5, 5.41) is 0. The minimum atomic E-state index is 0.0285. The van der Waals surface area contributed by atoms with Crippen molar-refractivity contribution >= 4 is 5.91 Å². The van der Waals surface area contributed by atoms with Gasteiger partial charge in [0, 0.05) is 26.7 Å². The predicted octanol–water partition coefficient (Wildman–Crippen LogP) is 1.20. The highest BCUT2D eigenvalue weighted by Gasteiger charge is 2.33. The molecule has 0 radical (unpaired) electrons. The third-order valence-corrected chi connectivity index (χ3v) is 3.96. The van der Waals surface area contributed by atoms with Crippen molar-refractivity contribution in [3.8, 4) is 0 Å². The Morgan fingerprint density at radius 2 is 2.05 bits per heavy atom. The lowest BCUT2D eigenvalue weighted by Crippen LogP contribution is -2.40. The van der Waals surface area contributed by atoms with Gasteiger partial charge in [-0.2, -0.15) is 0 Å². The third kappa shape index (κ3) is 2.96. The van der Waals surface area contributed by atoms with Gasteiger partial charge in [0.05, 0.1) is 6.04 Å². The number of nitrogens with two attached hydrogens (primary N) is 1. The summed E-state index contributed by atoms with van der Waals surface area (Å²) in [7, 11) is 1.88. The normalized spacial score (nSPS) is 19.5. The maximum Gasteiger partial charge on any atom is 0.239 e. The summed E-state index contributed by atoms with van der Waals surface area (Å²) < 4.78 is 0. The van der Waals surface area contributed by atoms with Crippen LogP contribution in [0.1, 0.15) is 24.5 Å². The maximum atomic E-state index is 12.1. The van der Waals surface area contributed by atoms with Gasteiger partial charge in [-0.25, -0.2) is 0 Å². The van der Waals surface area contributed by atoms with E-state index in [1.165, 1.54) is 11.1 Å². The van der Waals surface area contributed by atoms with E-state index in [0.717, 1.165) is 26.1 Å². The fourth-order valence-electron chi connectivity index (χ4n) is 2.71. The summed E-state index contributed by atoms with van der Waals surface area (Å²) in [5.74, 6) is 0.243. The number of rotatable bonds is 5. The molecule has 1 aliphatic heterocycles. The zero-order valence-electron chi connectivity index (χ0n) is 11.8. The van der Waals surface area contributed by atoms with E-state index in [1.54, 1.807) is 0 Å². The summed E-state index contributed by atoms with van der Waals surface area (Å²) in [6.45, 7) is 5.19. The molecule has 1 saturated heterocycles. The zero-order chi connectivity index (χ0) is 13.8. The first-order valence-electron chi connectivity index (χ1n) is 6.93. The van der Waals surface area contributed by atoms with Crippen molar-refractivity contribution in [2.45, 2.75) is 32.5 Å². The van der Waals surface area contributed by atoms with Gasteiger partial charge < -0.3 is 10.6 Å². The molecule has 4 nitrogen and oxygen atoms in total. The summed E-state index contributed by atoms with van der Waals surface area (Å²) in [6, 6.07) is 8.24. The number of carbonyl (C=O) groups excluding carboxylic acids is 1. The molecule has 1 aliphatic rings. The Morgan fingerprint density at radius 1 is 1.37 bits per heavy atom. The highest BCUT2D eigenvalue weighted by molar-refractivity contribution is 5.83. The zero-order valence-corrected chi connectivity index (χ0v) is 11.8. The number of amides is 1. The molecule has 1 aromatic carbocycles. The molecule has 0 saturated carbocycles. The molecule has 1 atom stereocenters. The highest BCUT2D eigenvalue weighted by Crippen LogP contribution is 2.19. The largest absolute Gasteiger partial charge is 0.344 e. The topological polar surface area (TPSA) is 49.6 Å². The molecule has 19 heavy (non-hydrogen) atoms. The first-order valence-corrected chi connectivity index (χ1v) is 6.93. The van der Waals surface area contributed by atoms with Crippen LogP contribution in [-0.2, 0) is 17.9 Å². The molecule has 2 rings (SSSR count). The number of nitrogens with zero attached hydrogens (tertiary/aromatic N) is 2. The molecule has 0 bridgehead atoms. The van der Waals surface area contributed by atoms with Gasteiger partial charge in [0.15, 0.2) is 0 Å². The molecule has 0 spiro atoms. The van der Waals surface area contributed by atoms with Gasteiger partial charge in [-0.3, -0.25) is 9.69 Å². The second-order valence-electron chi connectivity index (χ2n) is 5.10. The van der Waals surface area contributed by atoms with Gasteiger partial charge >= 0.3 is 0 Å². The van der Waals surface area contributed by atoms with Crippen LogP contribution in [0.25, 0.3) is 0 Å². The minimum absolute atomic E-state index is 0.0285. The average Bonchev–Trinajstić information content (AvgIpc) is 2.77. The first kappa shape index (κ1) is 14.0. The number of hydrogen-bond acceptors (Lipinski definition) is 3. The fraction of sp³-hybridized carbons (Fsp3) is 0.533. The SMILES string of the molecule is CCN(Cc1ccccc1CN)C1CCN(C)C1=O. The maximum absolute atomic E-state index is 12.1. The number of likely N-dealkylation sites (N-methyl/N-ethyl adjacent to an activating group) is 2. The van der Waals surface area contributed by atoms with Gasteiger partial charge in [0.2, 0.25) is 5.91 Å². The minimum Gasteiger partial charge on any atom is -0.344 e. The molecular weight excluding hydrogens is 238 g/mol. The molecule has 1 heterocycles. The standard InChI is InChI=1S/C15H23N3O/c1-3-18(14-8-9-17(2)15(14)19)11-13-7-5-4-6-12(13)10-16/h4-7,14H,3,8-11,16H2,1-2H3. The second kappa shape index (κ2) is 6.17. The smallest absolute Gasteiger partial charge is 0.239 e. The lowest BCUT2D eigenvalue weighted by atomic mass is 10.1. The van der Waals surface area contributed by atoms with Crippen LogP contribution in [0.5, 0.6) is 0 Å². The van der Waals surface area contributed by atoms with Crippen molar-refractivity contribution in [3.63, 3.8) is 0 Å². The molecule has 1 amide bonds. The van der Waals surface area contributed by atoms with Crippen LogP contribution in [0.4, 0.5) is 0 Å². The molecule has 1 aromatic rings. The molecule has 0 aliphatic carbocycles. The van der Waals surface area contributed by atoms with E-state index < -0.39 is 0 Å². The Balaban J connectivity index is 2.13. The fourth-order valence-corrected chi connectivity index (χ4v) is 2.71. The van der Waals surface area contributed by atoms with E-state index >= 15 is 0 Å². The number of carbonyl (C=O) groups is 1. The number of likely N-dealkylation sites (tertiary alicyclic amines) is 1. The van der Waals surface area contributed by atoms with Gasteiger partial charge in [-0.15, -0.1) is 0 Å². The lowest BCUT2D eigenvalue weighted by Gasteiger charge is -2.27. The molecule has 104 valence electrons. The van der Waals surface area contributed by atoms with E-state index in [1.807, 2.05) is 24.1 Å². The van der Waals surface area contributed by atoms with Crippen molar-refractivity contribution in [1.82, 2.24) is 9.80 Å². The first-order chi connectivity index (χ1) is 9.17. The lowest BCUT2D eigenvalue weighted by molar-refractivity contribution is -0.131. The Bertz CT molecular complexity index is 447. The van der Waals surface area contributed by atoms with Crippen LogP contribution in [0.3, 0.4) is 0 Å². The molecule has 2 N–H and O–H groups in total. The van der Waals surface area contributed by atoms with Crippen LogP contribution in [0.2, 0.25) is 0 Å². The summed E-state index contributed by atoms with van der Waals surface area (Å²) in [4.78, 5) is 16.2. The van der Waals surface area contributed by atoms with Crippen LogP contribution in [-0.4, -0.2) is 41.9 Å². The highest BCUT2D eigenvalue weighted by atomic mass is 16.2. The van der Waals surface area contributed by atoms with Gasteiger partial charge in [0.1, 0.15) is 0 Å². The number of hydrogen-bond donors (Lipinski definition) is 1. The Labute approximate surface area is 115 Å². The van der Waals surface area contributed by atoms with E-state index in [2.05, 4.69) is 24.0 Å². The van der Waals surface area contributed by atoms with Gasteiger partial charge in [-0.05, 0) is 24.1 Å². The number of benzene rings is 1. The van der Waals surface area contributed by atoms with E-state index in [-0.39, 0.29) is 11.9 Å². The van der Waals surface area contributed by atoms with Crippen LogP contribution in [0.15, 0.2) is 24.3 Å². The molecule has 0 aromatic heterocycles. The summed E-state index contributed by atoms with van der Waals surface area (Å²) >= 11 is 0. The van der Waals surface area contributed by atoms with Crippen molar-refractivity contribution in [1.29, 1.82) is 0 Å². The van der Waals surface area contributed by atoms with Crippen molar-refractivity contribution in [2.75, 3.05) is 20.1 Å². The van der Waals surface area contributed by atoms with Gasteiger partial charge in [0.25, 0.3) is 0 Å². The predicted molar refractivity (Wildman–Crippen MR) is 76.5 cm³/mol. The summed E-state index contributed by atoms with van der Waals surface area (Å²) in [6.07, 6.45) is 0.925. The Morgan fingerprint density at radius 3 is 2.58 bits per heavy atom. The van der Waals surface area contributed by atoms with Crippen molar-refractivity contribution < 1.29 is 4.79 Å². The monoisotopic (exact) mass is 261 g/mol. The van der Waals surface area contributed by atoms with Gasteiger partial charge in [-0.1, -0.05) is 31.2 Å². The van der Waals surface area contributed by atoms with Crippen LogP contribution in [0, 0.1) is 0 Å². The molecule has 1 unspecified atom stereocenters. The second-order valence-corrected chi connectivity index (χ2v) is 5.10. The molecular formula is C15H23N3O. The third-order valence-electron chi connectivity index (χ3n) is 3.96. The van der Waals surface area contributed by atoms with Crippen LogP contribution >= 0.6 is 0 Å². The summed E-state index contributed by atoms with van der Waals surface area (Å²) in [5.41, 5.74) is 8.17. The van der Waals surface area contributed by atoms with E-state index in [0.29, 0.717) is 6.54 Å². The Kier molecular flexibility index (Phi) is 4.56.